The second-order valence-corrected chi connectivity index (χ2v) is 8.74. The van der Waals surface area contributed by atoms with Crippen LogP contribution in [0.3, 0.4) is 0 Å². The summed E-state index contributed by atoms with van der Waals surface area (Å²) in [7, 11) is 0. The first-order valence-corrected chi connectivity index (χ1v) is 9.96. The van der Waals surface area contributed by atoms with Gasteiger partial charge in [0.1, 0.15) is 23.5 Å². The molecule has 10 nitrogen and oxygen atoms in total. The predicted molar refractivity (Wildman–Crippen MR) is 86.3 cm³/mol. The molecule has 0 spiro atoms. The van der Waals surface area contributed by atoms with Gasteiger partial charge in [-0.1, -0.05) is 19.2 Å². The summed E-state index contributed by atoms with van der Waals surface area (Å²) in [4.78, 5) is 21.6. The Bertz CT molecular complexity index is 842. The van der Waals surface area contributed by atoms with Crippen molar-refractivity contribution in [2.24, 2.45) is 5.92 Å². The van der Waals surface area contributed by atoms with E-state index in [9.17, 15) is 9.46 Å². The summed E-state index contributed by atoms with van der Waals surface area (Å²) >= 11 is 3.54. The topological polar surface area (TPSA) is 135 Å². The van der Waals surface area contributed by atoms with Crippen molar-refractivity contribution in [3.05, 3.63) is 12.7 Å². The van der Waals surface area contributed by atoms with E-state index in [2.05, 4.69) is 27.2 Å². The van der Waals surface area contributed by atoms with Crippen LogP contribution in [0.1, 0.15) is 13.2 Å². The molecule has 0 radical (unpaired) electrons. The smallest absolute Gasteiger partial charge is 0.382 e. The van der Waals surface area contributed by atoms with Crippen molar-refractivity contribution >= 4 is 36.0 Å². The Labute approximate surface area is 142 Å². The second kappa shape index (κ2) is 5.38. The van der Waals surface area contributed by atoms with Gasteiger partial charge in [-0.3, -0.25) is 9.09 Å². The van der Waals surface area contributed by atoms with Crippen molar-refractivity contribution in [1.29, 1.82) is 0 Å². The largest absolute Gasteiger partial charge is 0.383 e. The van der Waals surface area contributed by atoms with Crippen molar-refractivity contribution in [3.8, 4) is 0 Å². The van der Waals surface area contributed by atoms with E-state index in [1.54, 1.807) is 10.9 Å². The number of imidazole rings is 1. The molecule has 2 fully saturated rings. The molecular formula is C12H16N5O5PS. The second-order valence-electron chi connectivity index (χ2n) is 5.98. The number of hydrogen-bond acceptors (Lipinski definition) is 8. The maximum Gasteiger partial charge on any atom is 0.383 e. The monoisotopic (exact) mass is 373 g/mol. The van der Waals surface area contributed by atoms with Crippen molar-refractivity contribution in [1.82, 2.24) is 19.5 Å². The summed E-state index contributed by atoms with van der Waals surface area (Å²) in [5.41, 5.74) is 6.00. The van der Waals surface area contributed by atoms with E-state index in [1.807, 2.05) is 6.92 Å². The number of aromatic nitrogens is 4. The number of nitrogen functional groups attached to an aromatic ring is 1. The highest BCUT2D eigenvalue weighted by atomic mass is 32.7. The van der Waals surface area contributed by atoms with E-state index in [1.165, 1.54) is 6.33 Å². The van der Waals surface area contributed by atoms with Crippen LogP contribution in [0.25, 0.3) is 11.2 Å². The molecule has 130 valence electrons. The predicted octanol–water partition coefficient (Wildman–Crippen LogP) is 0.758. The zero-order chi connectivity index (χ0) is 17.1. The van der Waals surface area contributed by atoms with Crippen molar-refractivity contribution < 1.29 is 23.5 Å². The van der Waals surface area contributed by atoms with Gasteiger partial charge in [0.25, 0.3) is 0 Å². The van der Waals surface area contributed by atoms with Gasteiger partial charge in [-0.25, -0.2) is 19.5 Å². The highest BCUT2D eigenvalue weighted by Gasteiger charge is 2.60. The Morgan fingerprint density at radius 1 is 1.58 bits per heavy atom. The highest BCUT2D eigenvalue weighted by molar-refractivity contribution is 8.44. The Morgan fingerprint density at radius 3 is 3.12 bits per heavy atom. The molecule has 2 saturated heterocycles. The summed E-state index contributed by atoms with van der Waals surface area (Å²) in [5, 5.41) is 0. The van der Waals surface area contributed by atoms with Gasteiger partial charge in [0.2, 0.25) is 0 Å². The minimum absolute atomic E-state index is 0.0565. The average Bonchev–Trinajstić information content (AvgIpc) is 3.16. The highest BCUT2D eigenvalue weighted by Crippen LogP contribution is 2.53. The van der Waals surface area contributed by atoms with Crippen LogP contribution in [0.4, 0.5) is 5.82 Å². The molecule has 2 aliphatic heterocycles. The molecule has 0 amide bonds. The van der Waals surface area contributed by atoms with Gasteiger partial charge in [0.15, 0.2) is 17.7 Å². The molecular weight excluding hydrogens is 357 g/mol. The lowest BCUT2D eigenvalue weighted by Gasteiger charge is -2.31. The fraction of sp³-hybridized carbons (Fsp3) is 0.583. The van der Waals surface area contributed by atoms with Gasteiger partial charge >= 0.3 is 6.80 Å². The molecule has 1 unspecified atom stereocenters. The first-order chi connectivity index (χ1) is 11.3. The maximum atomic E-state index is 11.3. The Morgan fingerprint density at radius 2 is 2.38 bits per heavy atom. The molecule has 4 rings (SSSR count). The minimum Gasteiger partial charge on any atom is -0.382 e. The summed E-state index contributed by atoms with van der Waals surface area (Å²) in [6.07, 6.45) is 2.17. The molecule has 12 heteroatoms. The first kappa shape index (κ1) is 16.2. The zero-order valence-corrected chi connectivity index (χ0v) is 14.4. The van der Waals surface area contributed by atoms with E-state index in [0.717, 1.165) is 0 Å². The lowest BCUT2D eigenvalue weighted by atomic mass is 9.91. The van der Waals surface area contributed by atoms with Gasteiger partial charge in [-0.05, 0) is 0 Å². The Kier molecular flexibility index (Phi) is 3.64. The van der Waals surface area contributed by atoms with E-state index in [-0.39, 0.29) is 31.1 Å². The number of fused-ring (bicyclic) bond motifs is 3. The van der Waals surface area contributed by atoms with Crippen LogP contribution in [-0.2, 0) is 18.6 Å². The standard InChI is InChI=1S/C12H16N5O5PS/c1-6-8-11(17-5-16-7-9(13)14-4-15-10(7)17)22-12(6,2-20-8)3-21-23(18,19)24/h4-6,8,11H,2-3H2,1H3,(H2,13,14,15)(H2,18,19,24)/t6-,8+,11+,12-/m0/s1. The fourth-order valence-electron chi connectivity index (χ4n) is 3.26. The molecule has 2 aromatic heterocycles. The number of nitrogens with two attached hydrogens (primary N) is 1. The van der Waals surface area contributed by atoms with E-state index < -0.39 is 18.6 Å². The van der Waals surface area contributed by atoms with Gasteiger partial charge in [0.05, 0.1) is 19.5 Å². The van der Waals surface area contributed by atoms with Crippen LogP contribution in [-0.4, -0.2) is 49.3 Å². The third kappa shape index (κ3) is 2.43. The van der Waals surface area contributed by atoms with Crippen LogP contribution < -0.4 is 5.73 Å². The third-order valence-electron chi connectivity index (χ3n) is 4.62. The third-order valence-corrected chi connectivity index (χ3v) is 5.43. The molecule has 2 aromatic rings. The Balaban J connectivity index is 1.66. The molecule has 0 saturated carbocycles. The van der Waals surface area contributed by atoms with Crippen molar-refractivity contribution in [3.63, 3.8) is 0 Å². The molecule has 0 aromatic carbocycles. The van der Waals surface area contributed by atoms with Gasteiger partial charge < -0.3 is 20.1 Å². The normalized spacial score (nSPS) is 34.7. The van der Waals surface area contributed by atoms with E-state index in [4.69, 9.17) is 19.7 Å². The fourth-order valence-corrected chi connectivity index (χ4v) is 3.82. The van der Waals surface area contributed by atoms with Crippen LogP contribution in [0, 0.1) is 5.92 Å². The SMILES string of the molecule is C[C@H]1[C@H]2OC[C@@]1(COP(=O)(O)S)O[C@H]2n1cnc2c(N)ncnc21. The molecule has 5 atom stereocenters. The summed E-state index contributed by atoms with van der Waals surface area (Å²) in [6.45, 7) is -1.78. The lowest BCUT2D eigenvalue weighted by Crippen LogP contribution is -2.41. The Hall–Kier alpha value is -1.23. The number of anilines is 1. The van der Waals surface area contributed by atoms with Crippen molar-refractivity contribution in [2.45, 2.75) is 24.9 Å². The van der Waals surface area contributed by atoms with E-state index in [0.29, 0.717) is 11.2 Å². The summed E-state index contributed by atoms with van der Waals surface area (Å²) < 4.78 is 30.0. The van der Waals surface area contributed by atoms with Gasteiger partial charge in [-0.15, -0.1) is 0 Å². The van der Waals surface area contributed by atoms with Crippen LogP contribution >= 0.6 is 19.0 Å². The molecule has 24 heavy (non-hydrogen) atoms. The molecule has 3 N–H and O–H groups in total. The number of rotatable bonds is 4. The van der Waals surface area contributed by atoms with Crippen molar-refractivity contribution in [2.75, 3.05) is 18.9 Å². The van der Waals surface area contributed by atoms with Crippen LogP contribution in [0.15, 0.2) is 12.7 Å². The van der Waals surface area contributed by atoms with E-state index >= 15 is 0 Å². The number of hydrogen-bond donors (Lipinski definition) is 3. The number of thiol groups is 1. The zero-order valence-electron chi connectivity index (χ0n) is 12.6. The van der Waals surface area contributed by atoms with Crippen LogP contribution in [0.5, 0.6) is 0 Å². The molecule has 2 aliphatic rings. The molecule has 2 bridgehead atoms. The summed E-state index contributed by atoms with van der Waals surface area (Å²) in [5.74, 6) is 0.226. The first-order valence-electron chi connectivity index (χ1n) is 7.23. The lowest BCUT2D eigenvalue weighted by molar-refractivity contribution is -0.181. The number of nitrogens with zero attached hydrogens (tertiary/aromatic N) is 4. The molecule has 4 heterocycles. The number of ether oxygens (including phenoxy) is 2. The quantitative estimate of drug-likeness (QED) is 0.524. The van der Waals surface area contributed by atoms with Crippen LogP contribution in [0.2, 0.25) is 0 Å². The summed E-state index contributed by atoms with van der Waals surface area (Å²) in [6, 6.07) is 0. The van der Waals surface area contributed by atoms with Gasteiger partial charge in [0, 0.05) is 5.92 Å². The van der Waals surface area contributed by atoms with Gasteiger partial charge in [-0.2, -0.15) is 0 Å². The molecule has 0 aliphatic carbocycles. The average molecular weight is 373 g/mol. The maximum absolute atomic E-state index is 11.3. The minimum atomic E-state index is -3.90.